The second-order valence-corrected chi connectivity index (χ2v) is 8.21. The van der Waals surface area contributed by atoms with Crippen molar-refractivity contribution in [3.63, 3.8) is 0 Å². The molecule has 1 atom stereocenters. The molecule has 0 aliphatic carbocycles. The van der Waals surface area contributed by atoms with Crippen LogP contribution in [0.3, 0.4) is 0 Å². The monoisotopic (exact) mass is 397 g/mol. The molecule has 3 rings (SSSR count). The number of pyridine rings is 1. The Labute approximate surface area is 165 Å². The number of aliphatic imine (C=N–C) groups is 1. The van der Waals surface area contributed by atoms with Gasteiger partial charge < -0.3 is 15.4 Å². The van der Waals surface area contributed by atoms with E-state index in [1.54, 1.807) is 0 Å². The number of aromatic nitrogens is 1. The quantitative estimate of drug-likeness (QED) is 0.432. The summed E-state index contributed by atoms with van der Waals surface area (Å²) >= 11 is 7.88. The maximum absolute atomic E-state index is 5.83. The van der Waals surface area contributed by atoms with Gasteiger partial charge in [-0.05, 0) is 30.2 Å². The third-order valence-corrected chi connectivity index (χ3v) is 6.53. The summed E-state index contributed by atoms with van der Waals surface area (Å²) in [5, 5.41) is 7.49. The summed E-state index contributed by atoms with van der Waals surface area (Å²) in [5.74, 6) is 3.26. The van der Waals surface area contributed by atoms with Crippen molar-refractivity contribution >= 4 is 29.3 Å². The molecule has 1 aromatic rings. The number of thioether (sulfide) groups is 1. The van der Waals surface area contributed by atoms with E-state index >= 15 is 0 Å². The van der Waals surface area contributed by atoms with Crippen LogP contribution in [0, 0.1) is 0 Å². The van der Waals surface area contributed by atoms with Gasteiger partial charge >= 0.3 is 0 Å². The minimum atomic E-state index is 0.214. The van der Waals surface area contributed by atoms with Crippen molar-refractivity contribution in [1.82, 2.24) is 20.5 Å². The van der Waals surface area contributed by atoms with Crippen LogP contribution in [0.15, 0.2) is 23.3 Å². The Hall–Kier alpha value is -1.02. The maximum atomic E-state index is 5.83. The summed E-state index contributed by atoms with van der Waals surface area (Å²) in [6, 6.07) is 3.84. The first-order valence-corrected chi connectivity index (χ1v) is 10.7. The average molecular weight is 398 g/mol. The van der Waals surface area contributed by atoms with Crippen molar-refractivity contribution in [3.05, 3.63) is 29.0 Å². The molecule has 0 spiro atoms. The molecule has 0 amide bonds. The number of guanidine groups is 1. The Morgan fingerprint density at radius 2 is 2.23 bits per heavy atom. The number of hydrogen-bond donors (Lipinski definition) is 2. The zero-order valence-corrected chi connectivity index (χ0v) is 16.9. The van der Waals surface area contributed by atoms with Crippen molar-refractivity contribution in [2.24, 2.45) is 4.99 Å². The lowest BCUT2D eigenvalue weighted by Gasteiger charge is -2.43. The van der Waals surface area contributed by atoms with Gasteiger partial charge in [-0.15, -0.1) is 0 Å². The molecule has 2 fully saturated rings. The fourth-order valence-corrected chi connectivity index (χ4v) is 5.07. The third-order valence-electron chi connectivity index (χ3n) is 5.07. The van der Waals surface area contributed by atoms with Crippen molar-refractivity contribution in [2.75, 3.05) is 57.9 Å². The van der Waals surface area contributed by atoms with E-state index in [-0.39, 0.29) is 5.54 Å². The summed E-state index contributed by atoms with van der Waals surface area (Å²) < 4.78 is 5.54. The molecule has 2 saturated heterocycles. The maximum Gasteiger partial charge on any atom is 0.191 e. The van der Waals surface area contributed by atoms with Crippen molar-refractivity contribution in [3.8, 4) is 0 Å². The fourth-order valence-electron chi connectivity index (χ4n) is 3.48. The molecule has 2 aliphatic heterocycles. The van der Waals surface area contributed by atoms with Crippen LogP contribution >= 0.6 is 23.4 Å². The first-order chi connectivity index (χ1) is 12.7. The highest BCUT2D eigenvalue weighted by Crippen LogP contribution is 2.33. The standard InChI is InChI=1S/C18H28ClN5OS/c1-20-17(21-6-4-15-2-3-16(19)22-12-15)23-13-18(5-11-26-14-18)24-7-9-25-10-8-24/h2-3,12H,4-11,13-14H2,1H3,(H2,20,21,23). The Balaban J connectivity index is 1.48. The lowest BCUT2D eigenvalue weighted by atomic mass is 9.95. The van der Waals surface area contributed by atoms with E-state index in [1.165, 1.54) is 17.9 Å². The minimum absolute atomic E-state index is 0.214. The highest BCUT2D eigenvalue weighted by atomic mass is 35.5. The summed E-state index contributed by atoms with van der Waals surface area (Å²) in [6.45, 7) is 5.46. The summed E-state index contributed by atoms with van der Waals surface area (Å²) in [5.41, 5.74) is 1.38. The van der Waals surface area contributed by atoms with Crippen molar-refractivity contribution < 1.29 is 4.74 Å². The number of morpholine rings is 1. The van der Waals surface area contributed by atoms with E-state index in [0.717, 1.165) is 57.3 Å². The average Bonchev–Trinajstić information content (AvgIpc) is 3.17. The highest BCUT2D eigenvalue weighted by Gasteiger charge is 2.40. The summed E-state index contributed by atoms with van der Waals surface area (Å²) in [6.07, 6.45) is 3.93. The molecule has 144 valence electrons. The van der Waals surface area contributed by atoms with Gasteiger partial charge in [-0.25, -0.2) is 4.98 Å². The lowest BCUT2D eigenvalue weighted by molar-refractivity contribution is -0.0120. The van der Waals surface area contributed by atoms with Crippen LogP contribution in [-0.4, -0.2) is 79.3 Å². The van der Waals surface area contributed by atoms with Crippen LogP contribution in [0.5, 0.6) is 0 Å². The van der Waals surface area contributed by atoms with Crippen LogP contribution in [0.25, 0.3) is 0 Å². The number of nitrogens with zero attached hydrogens (tertiary/aromatic N) is 3. The SMILES string of the molecule is CN=C(NCCc1ccc(Cl)nc1)NCC1(N2CCOCC2)CCSC1. The predicted octanol–water partition coefficient (Wildman–Crippen LogP) is 1.65. The molecule has 8 heteroatoms. The third kappa shape index (κ3) is 5.25. The smallest absolute Gasteiger partial charge is 0.191 e. The predicted molar refractivity (Wildman–Crippen MR) is 109 cm³/mol. The van der Waals surface area contributed by atoms with Gasteiger partial charge in [-0.2, -0.15) is 11.8 Å². The lowest BCUT2D eigenvalue weighted by Crippen LogP contribution is -2.60. The van der Waals surface area contributed by atoms with Gasteiger partial charge in [0.05, 0.1) is 13.2 Å². The molecular weight excluding hydrogens is 370 g/mol. The summed E-state index contributed by atoms with van der Waals surface area (Å²) in [7, 11) is 1.82. The molecule has 26 heavy (non-hydrogen) atoms. The number of ether oxygens (including phenoxy) is 1. The van der Waals surface area contributed by atoms with E-state index in [0.29, 0.717) is 5.15 Å². The first kappa shape index (κ1) is 19.7. The number of rotatable bonds is 6. The molecule has 6 nitrogen and oxygen atoms in total. The second kappa shape index (κ2) is 9.78. The second-order valence-electron chi connectivity index (χ2n) is 6.72. The van der Waals surface area contributed by atoms with E-state index in [1.807, 2.05) is 37.1 Å². The molecule has 0 aromatic carbocycles. The molecule has 0 saturated carbocycles. The van der Waals surface area contributed by atoms with Gasteiger partial charge in [0.15, 0.2) is 5.96 Å². The number of halogens is 1. The largest absolute Gasteiger partial charge is 0.379 e. The Morgan fingerprint density at radius 3 is 2.88 bits per heavy atom. The highest BCUT2D eigenvalue weighted by molar-refractivity contribution is 7.99. The van der Waals surface area contributed by atoms with Crippen LogP contribution in [0.4, 0.5) is 0 Å². The Bertz CT molecular complexity index is 586. The zero-order valence-electron chi connectivity index (χ0n) is 15.3. The van der Waals surface area contributed by atoms with E-state index < -0.39 is 0 Å². The number of hydrogen-bond acceptors (Lipinski definition) is 5. The van der Waals surface area contributed by atoms with Gasteiger partial charge in [0.2, 0.25) is 0 Å². The van der Waals surface area contributed by atoms with Gasteiger partial charge in [0.25, 0.3) is 0 Å². The number of nitrogens with one attached hydrogen (secondary N) is 2. The van der Waals surface area contributed by atoms with Crippen LogP contribution in [0.1, 0.15) is 12.0 Å². The molecule has 1 aromatic heterocycles. The Kier molecular flexibility index (Phi) is 7.42. The van der Waals surface area contributed by atoms with Gasteiger partial charge in [0, 0.05) is 50.7 Å². The van der Waals surface area contributed by atoms with E-state index in [4.69, 9.17) is 16.3 Å². The van der Waals surface area contributed by atoms with E-state index in [2.05, 4.69) is 25.5 Å². The first-order valence-electron chi connectivity index (χ1n) is 9.17. The topological polar surface area (TPSA) is 61.8 Å². The molecule has 2 aliphatic rings. The zero-order chi connectivity index (χ0) is 18.2. The molecule has 2 N–H and O–H groups in total. The molecule has 0 radical (unpaired) electrons. The van der Waals surface area contributed by atoms with Gasteiger partial charge in [-0.3, -0.25) is 9.89 Å². The van der Waals surface area contributed by atoms with E-state index in [9.17, 15) is 0 Å². The molecular formula is C18H28ClN5OS. The summed E-state index contributed by atoms with van der Waals surface area (Å²) in [4.78, 5) is 11.1. The van der Waals surface area contributed by atoms with Crippen LogP contribution < -0.4 is 10.6 Å². The van der Waals surface area contributed by atoms with Gasteiger partial charge in [0.1, 0.15) is 5.15 Å². The van der Waals surface area contributed by atoms with Crippen molar-refractivity contribution in [1.29, 1.82) is 0 Å². The fraction of sp³-hybridized carbons (Fsp3) is 0.667. The molecule has 1 unspecified atom stereocenters. The van der Waals surface area contributed by atoms with Crippen LogP contribution in [0.2, 0.25) is 5.15 Å². The van der Waals surface area contributed by atoms with Crippen LogP contribution in [-0.2, 0) is 11.2 Å². The minimum Gasteiger partial charge on any atom is -0.379 e. The normalized spacial score (nSPS) is 24.6. The Morgan fingerprint density at radius 1 is 1.38 bits per heavy atom. The van der Waals surface area contributed by atoms with Crippen molar-refractivity contribution in [2.45, 2.75) is 18.4 Å². The molecule has 0 bridgehead atoms. The van der Waals surface area contributed by atoms with Gasteiger partial charge in [-0.1, -0.05) is 17.7 Å². The molecule has 3 heterocycles.